The molecule has 0 aliphatic rings. The number of hydrogen-bond acceptors (Lipinski definition) is 6. The fourth-order valence-electron chi connectivity index (χ4n) is 2.91. The molecule has 0 bridgehead atoms. The predicted octanol–water partition coefficient (Wildman–Crippen LogP) is 3.79. The number of amides is 1. The Morgan fingerprint density at radius 3 is 2.74 bits per heavy atom. The zero-order valence-electron chi connectivity index (χ0n) is 16.3. The topological polar surface area (TPSA) is 130 Å². The van der Waals surface area contributed by atoms with Gasteiger partial charge in [0, 0.05) is 23.0 Å². The van der Waals surface area contributed by atoms with E-state index in [1.807, 2.05) is 0 Å². The van der Waals surface area contributed by atoms with Crippen LogP contribution in [0.15, 0.2) is 53.2 Å². The molecule has 5 N–H and O–H groups in total. The van der Waals surface area contributed by atoms with Gasteiger partial charge >= 0.3 is 5.97 Å². The van der Waals surface area contributed by atoms with E-state index >= 15 is 0 Å². The number of carbonyl (C=O) groups excluding carboxylic acids is 1. The van der Waals surface area contributed by atoms with E-state index in [0.717, 1.165) is 0 Å². The molecule has 10 heteroatoms. The second kappa shape index (κ2) is 10.4. The van der Waals surface area contributed by atoms with Crippen LogP contribution in [0.25, 0.3) is 11.3 Å². The number of nitrogens with zero attached hydrogens (tertiary/aromatic N) is 1. The summed E-state index contributed by atoms with van der Waals surface area (Å²) in [5.74, 6) is -0.471. The monoisotopic (exact) mass is 462 g/mol. The van der Waals surface area contributed by atoms with Crippen LogP contribution in [0.4, 0.5) is 5.69 Å². The molecule has 162 valence electrons. The average molecular weight is 463 g/mol. The van der Waals surface area contributed by atoms with Gasteiger partial charge in [-0.2, -0.15) is 0 Å². The van der Waals surface area contributed by atoms with E-state index in [2.05, 4.69) is 15.6 Å². The van der Waals surface area contributed by atoms with E-state index in [1.54, 1.807) is 30.3 Å². The van der Waals surface area contributed by atoms with Crippen LogP contribution in [0.2, 0.25) is 10.0 Å². The lowest BCUT2D eigenvalue weighted by molar-refractivity contribution is -0.118. The highest BCUT2D eigenvalue weighted by atomic mass is 35.5. The lowest BCUT2D eigenvalue weighted by Crippen LogP contribution is -2.41. The number of nitrogens with one attached hydrogen (secondary N) is 2. The molecule has 0 aliphatic carbocycles. The van der Waals surface area contributed by atoms with Crippen LogP contribution in [0, 0.1) is 0 Å². The van der Waals surface area contributed by atoms with Gasteiger partial charge in [0.2, 0.25) is 5.91 Å². The zero-order chi connectivity index (χ0) is 22.4. The minimum atomic E-state index is -1.19. The van der Waals surface area contributed by atoms with Gasteiger partial charge in [0.25, 0.3) is 0 Å². The van der Waals surface area contributed by atoms with Crippen molar-refractivity contribution in [2.45, 2.75) is 19.0 Å². The van der Waals surface area contributed by atoms with Crippen molar-refractivity contribution in [3.05, 3.63) is 70.2 Å². The summed E-state index contributed by atoms with van der Waals surface area (Å²) < 4.78 is 5.83. The van der Waals surface area contributed by atoms with Crippen molar-refractivity contribution in [2.75, 3.05) is 11.9 Å². The van der Waals surface area contributed by atoms with Crippen LogP contribution >= 0.6 is 23.2 Å². The van der Waals surface area contributed by atoms with Crippen molar-refractivity contribution in [1.29, 1.82) is 0 Å². The van der Waals surface area contributed by atoms with Crippen LogP contribution in [0.1, 0.15) is 22.5 Å². The zero-order valence-corrected chi connectivity index (χ0v) is 17.8. The number of hydrogen-bond donors (Lipinski definition) is 4. The number of anilines is 1. The van der Waals surface area contributed by atoms with E-state index in [4.69, 9.17) is 33.4 Å². The summed E-state index contributed by atoms with van der Waals surface area (Å²) in [4.78, 5) is 27.8. The lowest BCUT2D eigenvalue weighted by Gasteiger charge is -2.18. The predicted molar refractivity (Wildman–Crippen MR) is 118 cm³/mol. The first-order chi connectivity index (χ1) is 14.9. The fraction of sp³-hybridized carbons (Fsp3) is 0.190. The molecule has 3 rings (SSSR count). The summed E-state index contributed by atoms with van der Waals surface area (Å²) in [6.45, 7) is 0.507. The molecule has 1 atom stereocenters. The van der Waals surface area contributed by atoms with Gasteiger partial charge in [-0.15, -0.1) is 0 Å². The number of aromatic nitrogens is 1. The van der Waals surface area contributed by atoms with E-state index in [1.165, 1.54) is 18.5 Å². The largest absolute Gasteiger partial charge is 0.478 e. The molecule has 0 radical (unpaired) electrons. The smallest absolute Gasteiger partial charge is 0.339 e. The Hall–Kier alpha value is -2.91. The molecule has 0 fully saturated rings. The summed E-state index contributed by atoms with van der Waals surface area (Å²) in [7, 11) is 0. The first-order valence-electron chi connectivity index (χ1n) is 9.34. The number of pyridine rings is 1. The first kappa shape index (κ1) is 22.8. The Kier molecular flexibility index (Phi) is 7.64. The van der Waals surface area contributed by atoms with Gasteiger partial charge in [-0.1, -0.05) is 23.2 Å². The van der Waals surface area contributed by atoms with E-state index in [-0.39, 0.29) is 24.3 Å². The van der Waals surface area contributed by atoms with Crippen molar-refractivity contribution in [3.63, 3.8) is 0 Å². The van der Waals surface area contributed by atoms with Gasteiger partial charge in [-0.3, -0.25) is 15.1 Å². The summed E-state index contributed by atoms with van der Waals surface area (Å²) in [5.41, 5.74) is 6.37. The lowest BCUT2D eigenvalue weighted by atomic mass is 10.1. The van der Waals surface area contributed by atoms with Crippen molar-refractivity contribution in [3.8, 4) is 11.3 Å². The Labute approximate surface area is 188 Å². The van der Waals surface area contributed by atoms with Gasteiger partial charge < -0.3 is 20.6 Å². The number of halogens is 2. The Morgan fingerprint density at radius 1 is 1.19 bits per heavy atom. The fourth-order valence-corrected chi connectivity index (χ4v) is 3.30. The number of carbonyl (C=O) groups is 2. The third-order valence-corrected chi connectivity index (χ3v) is 5.02. The average Bonchev–Trinajstić information content (AvgIpc) is 3.21. The molecule has 1 amide bonds. The molecular weight excluding hydrogens is 443 g/mol. The molecule has 0 saturated carbocycles. The molecule has 1 aromatic carbocycles. The van der Waals surface area contributed by atoms with E-state index in [0.29, 0.717) is 33.6 Å². The SMILES string of the molecule is NCCC(NCc1ccc(-c2cc(Cl)ccc2Cl)o1)C(=O)Nc1ccncc1C(=O)O. The summed E-state index contributed by atoms with van der Waals surface area (Å²) >= 11 is 12.2. The van der Waals surface area contributed by atoms with Crippen molar-refractivity contribution >= 4 is 40.8 Å². The summed E-state index contributed by atoms with van der Waals surface area (Å²) in [5, 5.41) is 16.0. The van der Waals surface area contributed by atoms with Crippen molar-refractivity contribution in [2.24, 2.45) is 5.73 Å². The number of aromatic carboxylic acids is 1. The minimum absolute atomic E-state index is 0.101. The number of carboxylic acid groups (broad SMARTS) is 1. The third-order valence-electron chi connectivity index (χ3n) is 4.46. The molecule has 0 saturated heterocycles. The number of nitrogens with two attached hydrogens (primary N) is 1. The number of carboxylic acids is 1. The number of rotatable bonds is 9. The number of furan rings is 1. The van der Waals surface area contributed by atoms with Crippen LogP contribution in [-0.4, -0.2) is 34.6 Å². The van der Waals surface area contributed by atoms with Crippen molar-refractivity contribution in [1.82, 2.24) is 10.3 Å². The maximum Gasteiger partial charge on any atom is 0.339 e. The maximum absolute atomic E-state index is 12.7. The van der Waals surface area contributed by atoms with E-state index in [9.17, 15) is 14.7 Å². The number of benzene rings is 1. The van der Waals surface area contributed by atoms with Gasteiger partial charge in [0.15, 0.2) is 0 Å². The second-order valence-electron chi connectivity index (χ2n) is 6.62. The first-order valence-corrected chi connectivity index (χ1v) is 10.1. The van der Waals surface area contributed by atoms with Crippen LogP contribution < -0.4 is 16.4 Å². The highest BCUT2D eigenvalue weighted by molar-refractivity contribution is 6.35. The molecule has 2 heterocycles. The van der Waals surface area contributed by atoms with Gasteiger partial charge in [-0.05, 0) is 49.4 Å². The van der Waals surface area contributed by atoms with Crippen LogP contribution in [0.5, 0.6) is 0 Å². The summed E-state index contributed by atoms with van der Waals surface area (Å²) in [6.07, 6.45) is 2.92. The Morgan fingerprint density at radius 2 is 2.00 bits per heavy atom. The standard InChI is InChI=1S/C21H20Cl2N4O4/c22-12-1-3-16(23)14(9-12)19-4-2-13(31-19)10-26-18(5-7-24)20(28)27-17-6-8-25-11-15(17)21(29)30/h1-4,6,8-9,11,18,26H,5,7,10,24H2,(H,29,30)(H,25,27,28). The molecule has 0 aliphatic heterocycles. The second-order valence-corrected chi connectivity index (χ2v) is 7.46. The van der Waals surface area contributed by atoms with Gasteiger partial charge in [0.1, 0.15) is 17.1 Å². The normalized spacial score (nSPS) is 11.8. The molecule has 8 nitrogen and oxygen atoms in total. The Bertz CT molecular complexity index is 1090. The van der Waals surface area contributed by atoms with Crippen LogP contribution in [0.3, 0.4) is 0 Å². The van der Waals surface area contributed by atoms with E-state index < -0.39 is 17.9 Å². The third kappa shape index (κ3) is 5.83. The molecular formula is C21H20Cl2N4O4. The van der Waals surface area contributed by atoms with Gasteiger partial charge in [-0.25, -0.2) is 4.79 Å². The molecule has 0 spiro atoms. The Balaban J connectivity index is 1.69. The van der Waals surface area contributed by atoms with Crippen molar-refractivity contribution < 1.29 is 19.1 Å². The highest BCUT2D eigenvalue weighted by Crippen LogP contribution is 2.31. The molecule has 3 aromatic rings. The molecule has 2 aromatic heterocycles. The summed E-state index contributed by atoms with van der Waals surface area (Å²) in [6, 6.07) is 9.38. The highest BCUT2D eigenvalue weighted by Gasteiger charge is 2.20. The quantitative estimate of drug-likeness (QED) is 0.380. The minimum Gasteiger partial charge on any atom is -0.478 e. The molecule has 31 heavy (non-hydrogen) atoms. The maximum atomic E-state index is 12.7. The van der Waals surface area contributed by atoms with Crippen LogP contribution in [-0.2, 0) is 11.3 Å². The molecule has 1 unspecified atom stereocenters. The van der Waals surface area contributed by atoms with Gasteiger partial charge in [0.05, 0.1) is 23.3 Å².